The van der Waals surface area contributed by atoms with Crippen molar-refractivity contribution in [2.24, 2.45) is 0 Å². The van der Waals surface area contributed by atoms with Crippen molar-refractivity contribution in [1.29, 1.82) is 0 Å². The molecular weight excluding hydrogens is 348 g/mol. The molecule has 0 saturated carbocycles. The third-order valence-corrected chi connectivity index (χ3v) is 4.71. The first-order valence-electron chi connectivity index (χ1n) is 9.67. The van der Waals surface area contributed by atoms with E-state index < -0.39 is 0 Å². The van der Waals surface area contributed by atoms with Crippen molar-refractivity contribution in [2.45, 2.75) is 33.2 Å². The van der Waals surface area contributed by atoms with Crippen molar-refractivity contribution in [3.63, 3.8) is 0 Å². The lowest BCUT2D eigenvalue weighted by Crippen LogP contribution is -2.31. The molecule has 0 aliphatic carbocycles. The first-order valence-corrected chi connectivity index (χ1v) is 9.67. The molecule has 3 rings (SSSR count). The Morgan fingerprint density at radius 1 is 1.07 bits per heavy atom. The highest BCUT2D eigenvalue weighted by Crippen LogP contribution is 2.20. The number of aryl methyl sites for hydroxylation is 1. The van der Waals surface area contributed by atoms with E-state index in [1.807, 2.05) is 49.4 Å². The van der Waals surface area contributed by atoms with Gasteiger partial charge in [-0.2, -0.15) is 4.98 Å². The van der Waals surface area contributed by atoms with Gasteiger partial charge in [0.1, 0.15) is 5.82 Å². The number of carbonyl (C=O) groups excluding carboxylic acids is 1. The van der Waals surface area contributed by atoms with Crippen LogP contribution in [0.15, 0.2) is 66.9 Å². The fraction of sp³-hybridized carbons (Fsp3) is 0.261. The fourth-order valence-electron chi connectivity index (χ4n) is 3.08. The highest BCUT2D eigenvalue weighted by molar-refractivity contribution is 6.05. The van der Waals surface area contributed by atoms with Crippen molar-refractivity contribution in [3.8, 4) is 0 Å². The average molecular weight is 374 g/mol. The predicted octanol–water partition coefficient (Wildman–Crippen LogP) is 4.88. The third kappa shape index (κ3) is 4.55. The number of nitrogens with zero attached hydrogens (tertiary/aromatic N) is 3. The smallest absolute Gasteiger partial charge is 0.259 e. The van der Waals surface area contributed by atoms with Gasteiger partial charge in [0.05, 0.1) is 6.04 Å². The summed E-state index contributed by atoms with van der Waals surface area (Å²) in [4.78, 5) is 23.6. The normalized spacial score (nSPS) is 11.7. The van der Waals surface area contributed by atoms with Crippen LogP contribution in [-0.4, -0.2) is 22.4 Å². The summed E-state index contributed by atoms with van der Waals surface area (Å²) in [7, 11) is 0. The zero-order chi connectivity index (χ0) is 19.9. The van der Waals surface area contributed by atoms with Crippen molar-refractivity contribution >= 4 is 17.7 Å². The minimum absolute atomic E-state index is 0.0569. The van der Waals surface area contributed by atoms with E-state index in [1.165, 1.54) is 0 Å². The number of aromatic nitrogens is 2. The van der Waals surface area contributed by atoms with Gasteiger partial charge in [-0.1, -0.05) is 49.4 Å². The van der Waals surface area contributed by atoms with Gasteiger partial charge in [0.15, 0.2) is 0 Å². The lowest BCUT2D eigenvalue weighted by atomic mass is 10.1. The standard InChI is InChI=1S/C23H26N4O/c1-4-18-10-9-13-20(16-18)22(28)27(5-2)21-14-15-24-23(26-21)25-17(3)19-11-7-6-8-12-19/h6-17H,4-5H2,1-3H3,(H,24,25,26)/t17-/m0/s1. The molecule has 0 unspecified atom stereocenters. The largest absolute Gasteiger partial charge is 0.348 e. The Labute approximate surface area is 166 Å². The van der Waals surface area contributed by atoms with E-state index in [9.17, 15) is 4.79 Å². The van der Waals surface area contributed by atoms with E-state index in [0.717, 1.165) is 17.5 Å². The molecule has 144 valence electrons. The average Bonchev–Trinajstić information content (AvgIpc) is 2.75. The lowest BCUT2D eigenvalue weighted by Gasteiger charge is -2.21. The molecule has 0 bridgehead atoms. The maximum atomic E-state index is 13.0. The predicted molar refractivity (Wildman–Crippen MR) is 114 cm³/mol. The van der Waals surface area contributed by atoms with Crippen molar-refractivity contribution in [2.75, 3.05) is 16.8 Å². The van der Waals surface area contributed by atoms with Crippen molar-refractivity contribution in [3.05, 3.63) is 83.6 Å². The van der Waals surface area contributed by atoms with E-state index in [2.05, 4.69) is 41.3 Å². The van der Waals surface area contributed by atoms with E-state index in [0.29, 0.717) is 23.9 Å². The van der Waals surface area contributed by atoms with Gasteiger partial charge in [-0.15, -0.1) is 0 Å². The molecule has 0 aliphatic heterocycles. The molecule has 28 heavy (non-hydrogen) atoms. The van der Waals surface area contributed by atoms with Gasteiger partial charge in [0.2, 0.25) is 5.95 Å². The summed E-state index contributed by atoms with van der Waals surface area (Å²) in [6.07, 6.45) is 2.58. The van der Waals surface area contributed by atoms with E-state index >= 15 is 0 Å². The second kappa shape index (κ2) is 9.13. The molecule has 5 heteroatoms. The summed E-state index contributed by atoms with van der Waals surface area (Å²) in [5, 5.41) is 3.31. The first kappa shape index (κ1) is 19.5. The highest BCUT2D eigenvalue weighted by Gasteiger charge is 2.18. The Morgan fingerprint density at radius 2 is 1.86 bits per heavy atom. The van der Waals surface area contributed by atoms with Crippen LogP contribution in [0.4, 0.5) is 11.8 Å². The van der Waals surface area contributed by atoms with Crippen LogP contribution in [0, 0.1) is 0 Å². The molecule has 1 N–H and O–H groups in total. The lowest BCUT2D eigenvalue weighted by molar-refractivity contribution is 0.0987. The molecule has 0 radical (unpaired) electrons. The minimum atomic E-state index is -0.0569. The van der Waals surface area contributed by atoms with Gasteiger partial charge < -0.3 is 5.32 Å². The number of anilines is 2. The van der Waals surface area contributed by atoms with Gasteiger partial charge in [0.25, 0.3) is 5.91 Å². The van der Waals surface area contributed by atoms with Crippen LogP contribution in [0.3, 0.4) is 0 Å². The Bertz CT molecular complexity index is 927. The minimum Gasteiger partial charge on any atom is -0.348 e. The quantitative estimate of drug-likeness (QED) is 0.640. The monoisotopic (exact) mass is 374 g/mol. The van der Waals surface area contributed by atoms with E-state index in [-0.39, 0.29) is 11.9 Å². The Morgan fingerprint density at radius 3 is 2.57 bits per heavy atom. The maximum absolute atomic E-state index is 13.0. The van der Waals surface area contributed by atoms with Crippen LogP contribution in [0.5, 0.6) is 0 Å². The molecular formula is C23H26N4O. The molecule has 1 amide bonds. The molecule has 5 nitrogen and oxygen atoms in total. The van der Waals surface area contributed by atoms with E-state index in [1.54, 1.807) is 17.2 Å². The second-order valence-electron chi connectivity index (χ2n) is 6.62. The van der Waals surface area contributed by atoms with Crippen molar-refractivity contribution < 1.29 is 4.79 Å². The molecule has 1 atom stereocenters. The number of nitrogens with one attached hydrogen (secondary N) is 1. The topological polar surface area (TPSA) is 58.1 Å². The molecule has 0 saturated heterocycles. The SMILES string of the molecule is CCc1cccc(C(=O)N(CC)c2ccnc(N[C@@H](C)c3ccccc3)n2)c1. The molecule has 1 heterocycles. The molecule has 0 aliphatic rings. The zero-order valence-corrected chi connectivity index (χ0v) is 16.6. The summed E-state index contributed by atoms with van der Waals surface area (Å²) in [5.41, 5.74) is 2.96. The molecule has 2 aromatic carbocycles. The van der Waals surface area contributed by atoms with Gasteiger partial charge in [-0.25, -0.2) is 4.98 Å². The number of hydrogen-bond acceptors (Lipinski definition) is 4. The van der Waals surface area contributed by atoms with Gasteiger partial charge >= 0.3 is 0 Å². The number of rotatable bonds is 7. The molecule has 1 aromatic heterocycles. The van der Waals surface area contributed by atoms with Crippen LogP contribution in [0.2, 0.25) is 0 Å². The summed E-state index contributed by atoms with van der Waals surface area (Å²) < 4.78 is 0. The van der Waals surface area contributed by atoms with E-state index in [4.69, 9.17) is 0 Å². The van der Waals surface area contributed by atoms with Crippen LogP contribution in [0.25, 0.3) is 0 Å². The Hall–Kier alpha value is -3.21. The van der Waals surface area contributed by atoms with Crippen LogP contribution in [0.1, 0.15) is 48.3 Å². The first-order chi connectivity index (χ1) is 13.6. The highest BCUT2D eigenvalue weighted by atomic mass is 16.2. The van der Waals surface area contributed by atoms with Crippen LogP contribution < -0.4 is 10.2 Å². The molecule has 0 fully saturated rings. The molecule has 3 aromatic rings. The fourth-order valence-corrected chi connectivity index (χ4v) is 3.08. The summed E-state index contributed by atoms with van der Waals surface area (Å²) in [5.74, 6) is 1.04. The second-order valence-corrected chi connectivity index (χ2v) is 6.62. The maximum Gasteiger partial charge on any atom is 0.259 e. The zero-order valence-electron chi connectivity index (χ0n) is 16.6. The number of hydrogen-bond donors (Lipinski definition) is 1. The molecule has 0 spiro atoms. The van der Waals surface area contributed by atoms with Gasteiger partial charge in [-0.3, -0.25) is 9.69 Å². The number of amides is 1. The van der Waals surface area contributed by atoms with Crippen LogP contribution >= 0.6 is 0 Å². The van der Waals surface area contributed by atoms with Crippen LogP contribution in [-0.2, 0) is 6.42 Å². The Kier molecular flexibility index (Phi) is 6.37. The number of carbonyl (C=O) groups is 1. The summed E-state index contributed by atoms with van der Waals surface area (Å²) in [6, 6.07) is 19.7. The van der Waals surface area contributed by atoms with Gasteiger partial charge in [0, 0.05) is 18.3 Å². The van der Waals surface area contributed by atoms with Crippen molar-refractivity contribution in [1.82, 2.24) is 9.97 Å². The third-order valence-electron chi connectivity index (χ3n) is 4.71. The summed E-state index contributed by atoms with van der Waals surface area (Å²) >= 11 is 0. The number of benzene rings is 2. The Balaban J connectivity index is 1.81. The summed E-state index contributed by atoms with van der Waals surface area (Å²) in [6.45, 7) is 6.62. The van der Waals surface area contributed by atoms with Gasteiger partial charge in [-0.05, 0) is 49.6 Å².